The van der Waals surface area contributed by atoms with Gasteiger partial charge >= 0.3 is 6.09 Å². The second-order valence-electron chi connectivity index (χ2n) is 7.59. The van der Waals surface area contributed by atoms with Gasteiger partial charge in [-0.2, -0.15) is 0 Å². The minimum atomic E-state index is -0.454. The third kappa shape index (κ3) is 5.81. The van der Waals surface area contributed by atoms with Crippen molar-refractivity contribution in [2.75, 3.05) is 6.54 Å². The van der Waals surface area contributed by atoms with Gasteiger partial charge in [0.05, 0.1) is 0 Å². The van der Waals surface area contributed by atoms with Crippen molar-refractivity contribution in [2.45, 2.75) is 72.1 Å². The average Bonchev–Trinajstić information content (AvgIpc) is 3.17. The molecule has 2 N–H and O–H groups in total. The van der Waals surface area contributed by atoms with E-state index in [1.807, 2.05) is 32.1 Å². The van der Waals surface area contributed by atoms with Gasteiger partial charge in [0.25, 0.3) is 0 Å². The number of alkyl carbamates (subject to hydrolysis) is 1. The third-order valence-electron chi connectivity index (χ3n) is 4.08. The van der Waals surface area contributed by atoms with Crippen LogP contribution in [-0.4, -0.2) is 24.3 Å². The fraction of sp³-hybridized carbons (Fsp3) is 0.722. The lowest BCUT2D eigenvalue weighted by atomic mass is 10.1. The summed E-state index contributed by atoms with van der Waals surface area (Å²) in [7, 11) is 0. The molecule has 2 rings (SSSR count). The number of aryl methyl sites for hydroxylation is 2. The summed E-state index contributed by atoms with van der Waals surface area (Å²) in [4.78, 5) is 14.7. The van der Waals surface area contributed by atoms with Gasteiger partial charge in [-0.25, -0.2) is 4.79 Å². The van der Waals surface area contributed by atoms with E-state index in [-0.39, 0.29) is 12.1 Å². The molecule has 23 heavy (non-hydrogen) atoms. The first-order chi connectivity index (χ1) is 10.7. The van der Waals surface area contributed by atoms with E-state index in [0.29, 0.717) is 12.0 Å². The van der Waals surface area contributed by atoms with E-state index < -0.39 is 5.60 Å². The van der Waals surface area contributed by atoms with Crippen LogP contribution in [0.15, 0.2) is 6.07 Å². The van der Waals surface area contributed by atoms with Crippen molar-refractivity contribution in [3.05, 3.63) is 21.4 Å². The Hall–Kier alpha value is -1.07. The van der Waals surface area contributed by atoms with E-state index >= 15 is 0 Å². The molecular formula is C18H30N2O2S. The molecule has 0 aliphatic heterocycles. The Bertz CT molecular complexity index is 544. The maximum Gasteiger partial charge on any atom is 0.407 e. The minimum Gasteiger partial charge on any atom is -0.444 e. The highest BCUT2D eigenvalue weighted by Gasteiger charge is 2.33. The largest absolute Gasteiger partial charge is 0.444 e. The zero-order valence-corrected chi connectivity index (χ0v) is 16.0. The van der Waals surface area contributed by atoms with Crippen molar-refractivity contribution in [1.29, 1.82) is 0 Å². The molecule has 1 aliphatic carbocycles. The molecular weight excluding hydrogens is 308 g/mol. The summed E-state index contributed by atoms with van der Waals surface area (Å²) in [6.07, 6.45) is 2.06. The Morgan fingerprint density at radius 1 is 1.39 bits per heavy atom. The van der Waals surface area contributed by atoms with Crippen LogP contribution >= 0.6 is 11.3 Å². The summed E-state index contributed by atoms with van der Waals surface area (Å²) in [5.41, 5.74) is 0.906. The van der Waals surface area contributed by atoms with E-state index in [1.54, 1.807) is 0 Å². The van der Waals surface area contributed by atoms with Crippen LogP contribution in [-0.2, 0) is 4.74 Å². The number of ether oxygens (including phenoxy) is 1. The van der Waals surface area contributed by atoms with Crippen molar-refractivity contribution in [3.63, 3.8) is 0 Å². The maximum atomic E-state index is 12.0. The number of hydrogen-bond acceptors (Lipinski definition) is 4. The number of hydrogen-bond donors (Lipinski definition) is 2. The van der Waals surface area contributed by atoms with Crippen molar-refractivity contribution >= 4 is 17.4 Å². The molecule has 1 aliphatic rings. The number of rotatable bonds is 6. The number of carbonyl (C=O) groups excluding carboxylic acids is 1. The molecule has 1 amide bonds. The van der Waals surface area contributed by atoms with Crippen LogP contribution in [0.1, 0.15) is 61.9 Å². The van der Waals surface area contributed by atoms with Gasteiger partial charge in [0.2, 0.25) is 0 Å². The van der Waals surface area contributed by atoms with Gasteiger partial charge in [0.1, 0.15) is 5.60 Å². The molecule has 0 saturated heterocycles. The Labute approximate surface area is 144 Å². The number of carbonyl (C=O) groups is 1. The molecule has 4 nitrogen and oxygen atoms in total. The van der Waals surface area contributed by atoms with Gasteiger partial charge in [-0.3, -0.25) is 0 Å². The van der Waals surface area contributed by atoms with E-state index in [4.69, 9.17) is 4.74 Å². The van der Waals surface area contributed by atoms with Gasteiger partial charge in [0, 0.05) is 28.4 Å². The van der Waals surface area contributed by atoms with E-state index in [1.165, 1.54) is 28.2 Å². The number of thiophene rings is 1. The molecule has 2 atom stereocenters. The maximum absolute atomic E-state index is 12.0. The molecule has 0 aromatic carbocycles. The summed E-state index contributed by atoms with van der Waals surface area (Å²) < 4.78 is 5.38. The standard InChI is InChI=1S/C18H30N2O2S/c1-11-9-15(13(3)23-11)12(2)19-10-16(14-7-8-14)20-17(21)22-18(4,5)6/h9,12,14,16,19H,7-8,10H2,1-6H3,(H,20,21). The highest BCUT2D eigenvalue weighted by Crippen LogP contribution is 2.33. The summed E-state index contributed by atoms with van der Waals surface area (Å²) >= 11 is 1.84. The summed E-state index contributed by atoms with van der Waals surface area (Å²) in [5.74, 6) is 0.576. The molecule has 130 valence electrons. The predicted octanol–water partition coefficient (Wildman–Crippen LogP) is 4.32. The van der Waals surface area contributed by atoms with Crippen LogP contribution in [0.4, 0.5) is 4.79 Å². The fourth-order valence-corrected chi connectivity index (χ4v) is 3.81. The van der Waals surface area contributed by atoms with Gasteiger partial charge in [-0.15, -0.1) is 11.3 Å². The minimum absolute atomic E-state index is 0.146. The van der Waals surface area contributed by atoms with Crippen molar-refractivity contribution in [3.8, 4) is 0 Å². The smallest absolute Gasteiger partial charge is 0.407 e. The Morgan fingerprint density at radius 2 is 2.04 bits per heavy atom. The molecule has 2 unspecified atom stereocenters. The summed E-state index contributed by atoms with van der Waals surface area (Å²) in [6, 6.07) is 2.69. The Morgan fingerprint density at radius 3 is 2.52 bits per heavy atom. The number of amides is 1. The fourth-order valence-electron chi connectivity index (χ4n) is 2.79. The highest BCUT2D eigenvalue weighted by molar-refractivity contribution is 7.12. The van der Waals surface area contributed by atoms with Crippen molar-refractivity contribution in [1.82, 2.24) is 10.6 Å². The van der Waals surface area contributed by atoms with Crippen LogP contribution in [0.25, 0.3) is 0 Å². The van der Waals surface area contributed by atoms with Gasteiger partial charge in [-0.1, -0.05) is 0 Å². The molecule has 1 aromatic heterocycles. The first-order valence-electron chi connectivity index (χ1n) is 8.45. The molecule has 5 heteroatoms. The van der Waals surface area contributed by atoms with Gasteiger partial charge in [0.15, 0.2) is 0 Å². The molecule has 1 fully saturated rings. The Balaban J connectivity index is 1.87. The highest BCUT2D eigenvalue weighted by atomic mass is 32.1. The first kappa shape index (κ1) is 18.3. The molecule has 1 saturated carbocycles. The van der Waals surface area contributed by atoms with Crippen LogP contribution in [0.5, 0.6) is 0 Å². The van der Waals surface area contributed by atoms with Crippen LogP contribution in [0.3, 0.4) is 0 Å². The predicted molar refractivity (Wildman–Crippen MR) is 96.1 cm³/mol. The SMILES string of the molecule is Cc1cc(C(C)NCC(NC(=O)OC(C)(C)C)C2CC2)c(C)s1. The lowest BCUT2D eigenvalue weighted by Crippen LogP contribution is -2.46. The summed E-state index contributed by atoms with van der Waals surface area (Å²) in [5, 5.41) is 6.62. The van der Waals surface area contributed by atoms with Crippen molar-refractivity contribution in [2.24, 2.45) is 5.92 Å². The lowest BCUT2D eigenvalue weighted by Gasteiger charge is -2.25. The van der Waals surface area contributed by atoms with E-state index in [2.05, 4.69) is 37.5 Å². The molecule has 0 spiro atoms. The quantitative estimate of drug-likeness (QED) is 0.812. The monoisotopic (exact) mass is 338 g/mol. The van der Waals surface area contributed by atoms with Crippen LogP contribution in [0.2, 0.25) is 0 Å². The zero-order chi connectivity index (χ0) is 17.2. The molecule has 0 radical (unpaired) electrons. The second-order valence-corrected chi connectivity index (χ2v) is 9.05. The van der Waals surface area contributed by atoms with E-state index in [0.717, 1.165) is 6.54 Å². The second kappa shape index (κ2) is 7.22. The van der Waals surface area contributed by atoms with Crippen LogP contribution < -0.4 is 10.6 Å². The molecule has 1 aromatic rings. The van der Waals surface area contributed by atoms with Gasteiger partial charge in [-0.05, 0) is 71.9 Å². The zero-order valence-electron chi connectivity index (χ0n) is 15.2. The normalized spacial score (nSPS) is 17.7. The topological polar surface area (TPSA) is 50.4 Å². The van der Waals surface area contributed by atoms with Crippen LogP contribution in [0, 0.1) is 19.8 Å². The lowest BCUT2D eigenvalue weighted by molar-refractivity contribution is 0.0497. The summed E-state index contributed by atoms with van der Waals surface area (Å²) in [6.45, 7) is 12.9. The Kier molecular flexibility index (Phi) is 5.74. The van der Waals surface area contributed by atoms with Gasteiger partial charge < -0.3 is 15.4 Å². The molecule has 0 bridgehead atoms. The molecule has 1 heterocycles. The number of nitrogens with one attached hydrogen (secondary N) is 2. The first-order valence-corrected chi connectivity index (χ1v) is 9.27. The van der Waals surface area contributed by atoms with Crippen molar-refractivity contribution < 1.29 is 9.53 Å². The van der Waals surface area contributed by atoms with E-state index in [9.17, 15) is 4.79 Å². The average molecular weight is 339 g/mol. The third-order valence-corrected chi connectivity index (χ3v) is 5.06.